The smallest absolute Gasteiger partial charge is 0.182 e. The third-order valence-electron chi connectivity index (χ3n) is 2.94. The van der Waals surface area contributed by atoms with Crippen molar-refractivity contribution in [2.45, 2.75) is 32.7 Å². The Morgan fingerprint density at radius 3 is 2.14 bits per heavy atom. The molecule has 0 radical (unpaired) electrons. The lowest BCUT2D eigenvalue weighted by Gasteiger charge is -2.37. The number of rotatable bonds is 3. The van der Waals surface area contributed by atoms with E-state index in [1.807, 2.05) is 0 Å². The van der Waals surface area contributed by atoms with Crippen molar-refractivity contribution >= 4 is 12.6 Å². The van der Waals surface area contributed by atoms with Gasteiger partial charge >= 0.3 is 0 Å². The molecule has 1 aliphatic heterocycles. The van der Waals surface area contributed by atoms with E-state index in [-0.39, 0.29) is 0 Å². The fourth-order valence-corrected chi connectivity index (χ4v) is 2.02. The first-order valence-corrected chi connectivity index (χ1v) is 5.39. The van der Waals surface area contributed by atoms with Crippen LogP contribution in [-0.4, -0.2) is 37.5 Å². The second kappa shape index (κ2) is 6.99. The fraction of sp³-hybridized carbons (Fsp3) is 0.900. The molecule has 0 unspecified atom stereocenters. The van der Waals surface area contributed by atoms with E-state index in [4.69, 9.17) is 10.00 Å². The Morgan fingerprint density at radius 2 is 1.86 bits per heavy atom. The standard InChI is InChI=1S/C9H20NO.CHNS/c1-9(2)10(8-11-3)6-4-5-7-10;2-1-3/h9H,4-8H2,1-3H3;3H/q+1;/p-1. The van der Waals surface area contributed by atoms with Crippen molar-refractivity contribution in [1.82, 2.24) is 0 Å². The van der Waals surface area contributed by atoms with E-state index in [9.17, 15) is 0 Å². The van der Waals surface area contributed by atoms with Crippen molar-refractivity contribution in [3.8, 4) is 5.40 Å². The van der Waals surface area contributed by atoms with E-state index in [0.717, 1.165) is 12.8 Å². The summed E-state index contributed by atoms with van der Waals surface area (Å²) in [7, 11) is 1.81. The first-order valence-electron chi connectivity index (χ1n) is 4.99. The molecule has 1 heterocycles. The zero-order valence-corrected chi connectivity index (χ0v) is 10.1. The van der Waals surface area contributed by atoms with Crippen molar-refractivity contribution in [3.63, 3.8) is 0 Å². The van der Waals surface area contributed by atoms with Crippen LogP contribution in [0.15, 0.2) is 0 Å². The number of nitrogens with zero attached hydrogens (tertiary/aromatic N) is 2. The minimum absolute atomic E-state index is 0.720. The van der Waals surface area contributed by atoms with Gasteiger partial charge in [-0.15, -0.1) is 0 Å². The second-order valence-corrected chi connectivity index (χ2v) is 4.16. The molecule has 0 aromatic heterocycles. The number of ether oxygens (including phenoxy) is 1. The normalized spacial score (nSPS) is 18.5. The highest BCUT2D eigenvalue weighted by atomic mass is 32.1. The lowest BCUT2D eigenvalue weighted by atomic mass is 10.3. The summed E-state index contributed by atoms with van der Waals surface area (Å²) >= 11 is 3.70. The summed E-state index contributed by atoms with van der Waals surface area (Å²) in [4.78, 5) is 0. The van der Waals surface area contributed by atoms with Gasteiger partial charge in [-0.25, -0.2) is 5.26 Å². The Labute approximate surface area is 92.7 Å². The Kier molecular flexibility index (Phi) is 6.81. The van der Waals surface area contributed by atoms with Gasteiger partial charge in [-0.05, 0) is 13.8 Å². The monoisotopic (exact) mass is 216 g/mol. The number of hydrogen-bond donors (Lipinski definition) is 0. The summed E-state index contributed by atoms with van der Waals surface area (Å²) in [5.41, 5.74) is 0. The van der Waals surface area contributed by atoms with Crippen molar-refractivity contribution in [3.05, 3.63) is 0 Å². The zero-order chi connectivity index (χ0) is 11.0. The zero-order valence-electron chi connectivity index (χ0n) is 9.32. The molecular weight excluding hydrogens is 196 g/mol. The van der Waals surface area contributed by atoms with Crippen LogP contribution >= 0.6 is 0 Å². The molecule has 0 aliphatic carbocycles. The molecule has 1 aliphatic rings. The number of methoxy groups -OCH3 is 1. The lowest BCUT2D eigenvalue weighted by molar-refractivity contribution is -0.953. The van der Waals surface area contributed by atoms with E-state index >= 15 is 0 Å². The Balaban J connectivity index is 0.000000500. The summed E-state index contributed by atoms with van der Waals surface area (Å²) in [6, 6.07) is 0.720. The summed E-state index contributed by atoms with van der Waals surface area (Å²) in [6.07, 6.45) is 2.75. The molecule has 0 atom stereocenters. The molecule has 4 heteroatoms. The van der Waals surface area contributed by atoms with Gasteiger partial charge < -0.3 is 17.4 Å². The SMILES string of the molecule is COC[N+]1(C(C)C)CCCC1.N#C[S-]. The molecule has 82 valence electrons. The van der Waals surface area contributed by atoms with Crippen LogP contribution < -0.4 is 0 Å². The Hall–Kier alpha value is -0.370. The topological polar surface area (TPSA) is 33.0 Å². The fourth-order valence-electron chi connectivity index (χ4n) is 2.02. The third kappa shape index (κ3) is 3.79. The number of hydrogen-bond acceptors (Lipinski definition) is 3. The first-order chi connectivity index (χ1) is 6.63. The van der Waals surface area contributed by atoms with Crippen molar-refractivity contribution in [2.24, 2.45) is 0 Å². The first kappa shape index (κ1) is 13.6. The van der Waals surface area contributed by atoms with Gasteiger partial charge in [0.15, 0.2) is 6.73 Å². The van der Waals surface area contributed by atoms with Crippen LogP contribution in [-0.2, 0) is 17.4 Å². The third-order valence-corrected chi connectivity index (χ3v) is 2.94. The van der Waals surface area contributed by atoms with E-state index in [1.165, 1.54) is 35.8 Å². The van der Waals surface area contributed by atoms with Gasteiger partial charge in [-0.1, -0.05) is 5.40 Å². The van der Waals surface area contributed by atoms with Crippen molar-refractivity contribution in [1.29, 1.82) is 5.26 Å². The van der Waals surface area contributed by atoms with Crippen LogP contribution in [0.25, 0.3) is 0 Å². The molecular formula is C10H20N2OS. The minimum Gasteiger partial charge on any atom is -0.696 e. The quantitative estimate of drug-likeness (QED) is 0.408. The summed E-state index contributed by atoms with van der Waals surface area (Å²) in [5.74, 6) is 0. The maximum absolute atomic E-state index is 7.13. The van der Waals surface area contributed by atoms with Gasteiger partial charge in [0.25, 0.3) is 0 Å². The van der Waals surface area contributed by atoms with Gasteiger partial charge in [-0.3, -0.25) is 4.48 Å². The van der Waals surface area contributed by atoms with E-state index < -0.39 is 0 Å². The van der Waals surface area contributed by atoms with Crippen LogP contribution in [0.3, 0.4) is 0 Å². The average molecular weight is 216 g/mol. The largest absolute Gasteiger partial charge is 0.696 e. The molecule has 0 N–H and O–H groups in total. The molecule has 3 nitrogen and oxygen atoms in total. The average Bonchev–Trinajstić information content (AvgIpc) is 2.56. The summed E-state index contributed by atoms with van der Waals surface area (Å²) in [5, 5.41) is 8.47. The molecule has 0 spiro atoms. The number of quaternary nitrogens is 1. The number of nitriles is 1. The van der Waals surface area contributed by atoms with Crippen molar-refractivity contribution < 1.29 is 9.22 Å². The maximum Gasteiger partial charge on any atom is 0.182 e. The molecule has 14 heavy (non-hydrogen) atoms. The second-order valence-electron chi connectivity index (χ2n) is 3.98. The van der Waals surface area contributed by atoms with Crippen molar-refractivity contribution in [2.75, 3.05) is 26.9 Å². The van der Waals surface area contributed by atoms with Crippen LogP contribution in [0.2, 0.25) is 0 Å². The van der Waals surface area contributed by atoms with E-state index in [0.29, 0.717) is 0 Å². The van der Waals surface area contributed by atoms with E-state index in [1.54, 1.807) is 7.11 Å². The predicted octanol–water partition coefficient (Wildman–Crippen LogP) is 1.62. The predicted molar refractivity (Wildman–Crippen MR) is 59.2 cm³/mol. The molecule has 0 amide bonds. The summed E-state index contributed by atoms with van der Waals surface area (Å²) in [6.45, 7) is 8.11. The molecule has 0 bridgehead atoms. The molecule has 0 saturated carbocycles. The van der Waals surface area contributed by atoms with Crippen LogP contribution in [0.5, 0.6) is 0 Å². The molecule has 0 aromatic rings. The Bertz CT molecular complexity index is 183. The van der Waals surface area contributed by atoms with E-state index in [2.05, 4.69) is 26.5 Å². The highest BCUT2D eigenvalue weighted by Gasteiger charge is 2.34. The van der Waals surface area contributed by atoms with Gasteiger partial charge in [0, 0.05) is 20.0 Å². The highest BCUT2D eigenvalue weighted by Crippen LogP contribution is 2.22. The molecule has 1 rings (SSSR count). The minimum atomic E-state index is 0.720. The Morgan fingerprint density at radius 1 is 1.43 bits per heavy atom. The lowest BCUT2D eigenvalue weighted by Crippen LogP contribution is -2.51. The van der Waals surface area contributed by atoms with Crippen LogP contribution in [0.1, 0.15) is 26.7 Å². The summed E-state index contributed by atoms with van der Waals surface area (Å²) < 4.78 is 6.44. The van der Waals surface area contributed by atoms with Gasteiger partial charge in [-0.2, -0.15) is 0 Å². The highest BCUT2D eigenvalue weighted by molar-refractivity contribution is 7.64. The number of thiocyanates is 1. The number of likely N-dealkylation sites (tertiary alicyclic amines) is 1. The van der Waals surface area contributed by atoms with Crippen LogP contribution in [0.4, 0.5) is 0 Å². The molecule has 1 fully saturated rings. The maximum atomic E-state index is 7.13. The van der Waals surface area contributed by atoms with Gasteiger partial charge in [0.05, 0.1) is 19.1 Å². The van der Waals surface area contributed by atoms with Gasteiger partial charge in [0.1, 0.15) is 0 Å². The van der Waals surface area contributed by atoms with Gasteiger partial charge in [0.2, 0.25) is 0 Å². The van der Waals surface area contributed by atoms with Crippen LogP contribution in [0, 0.1) is 10.7 Å². The molecule has 0 aromatic carbocycles. The molecule has 1 saturated heterocycles.